The Bertz CT molecular complexity index is 233. The second kappa shape index (κ2) is 5.64. The Balaban J connectivity index is 2.65. The largest absolute Gasteiger partial charge is 0.372 e. The zero-order valence-corrected chi connectivity index (χ0v) is 10.8. The lowest BCUT2D eigenvalue weighted by Crippen LogP contribution is -2.51. The lowest BCUT2D eigenvalue weighted by atomic mass is 9.94. The molecule has 1 heterocycles. The lowest BCUT2D eigenvalue weighted by Gasteiger charge is -2.37. The van der Waals surface area contributed by atoms with Gasteiger partial charge in [-0.2, -0.15) is 0 Å². The average Bonchev–Trinajstić information content (AvgIpc) is 2.16. The molecule has 1 rings (SSSR count). The van der Waals surface area contributed by atoms with Crippen molar-refractivity contribution < 1.29 is 9.53 Å². The predicted molar refractivity (Wildman–Crippen MR) is 64.0 cm³/mol. The molecule has 1 aliphatic rings. The predicted octanol–water partition coefficient (Wildman–Crippen LogP) is 0.853. The molecule has 94 valence electrons. The molecule has 1 amide bonds. The first-order valence-corrected chi connectivity index (χ1v) is 6.10. The fraction of sp³-hybridized carbons (Fsp3) is 0.917. The maximum absolute atomic E-state index is 12.3. The van der Waals surface area contributed by atoms with Gasteiger partial charge in [0.1, 0.15) is 0 Å². The minimum atomic E-state index is -0.0579. The van der Waals surface area contributed by atoms with Gasteiger partial charge in [0.05, 0.1) is 18.1 Å². The van der Waals surface area contributed by atoms with Crippen LogP contribution in [0.15, 0.2) is 0 Å². The van der Waals surface area contributed by atoms with E-state index in [0.29, 0.717) is 25.6 Å². The van der Waals surface area contributed by atoms with Gasteiger partial charge >= 0.3 is 0 Å². The summed E-state index contributed by atoms with van der Waals surface area (Å²) in [6.45, 7) is 9.90. The molecular weight excluding hydrogens is 204 g/mol. The van der Waals surface area contributed by atoms with Crippen molar-refractivity contribution in [2.45, 2.75) is 39.9 Å². The van der Waals surface area contributed by atoms with Crippen molar-refractivity contribution in [1.29, 1.82) is 0 Å². The Morgan fingerprint density at radius 3 is 2.25 bits per heavy atom. The molecule has 0 aromatic rings. The highest BCUT2D eigenvalue weighted by Gasteiger charge is 2.31. The molecule has 3 atom stereocenters. The number of hydrogen-bond acceptors (Lipinski definition) is 3. The average molecular weight is 228 g/mol. The fourth-order valence-corrected chi connectivity index (χ4v) is 2.25. The number of rotatable bonds is 3. The topological polar surface area (TPSA) is 55.6 Å². The fourth-order valence-electron chi connectivity index (χ4n) is 2.25. The van der Waals surface area contributed by atoms with Crippen LogP contribution in [0.1, 0.15) is 27.7 Å². The summed E-state index contributed by atoms with van der Waals surface area (Å²) >= 11 is 0. The minimum absolute atomic E-state index is 0.0579. The zero-order chi connectivity index (χ0) is 12.3. The minimum Gasteiger partial charge on any atom is -0.372 e. The first kappa shape index (κ1) is 13.5. The molecule has 0 aliphatic carbocycles. The number of nitrogens with zero attached hydrogens (tertiary/aromatic N) is 1. The van der Waals surface area contributed by atoms with E-state index in [-0.39, 0.29) is 24.0 Å². The summed E-state index contributed by atoms with van der Waals surface area (Å²) in [5.74, 6) is 0.419. The van der Waals surface area contributed by atoms with Gasteiger partial charge in [-0.15, -0.1) is 0 Å². The third-order valence-electron chi connectivity index (χ3n) is 3.11. The normalized spacial score (nSPS) is 28.2. The number of ether oxygens (including phenoxy) is 1. The highest BCUT2D eigenvalue weighted by Crippen LogP contribution is 2.17. The SMILES string of the molecule is CC(C)C(CN)C(=O)N1C[C@@H](C)O[C@@H](C)C1. The summed E-state index contributed by atoms with van der Waals surface area (Å²) in [5, 5.41) is 0. The zero-order valence-electron chi connectivity index (χ0n) is 10.8. The van der Waals surface area contributed by atoms with Crippen LogP contribution in [-0.4, -0.2) is 42.6 Å². The number of hydrogen-bond donors (Lipinski definition) is 1. The molecular formula is C12H24N2O2. The van der Waals surface area contributed by atoms with Crippen molar-refractivity contribution >= 4 is 5.91 Å². The summed E-state index contributed by atoms with van der Waals surface area (Å²) in [6.07, 6.45) is 0.247. The van der Waals surface area contributed by atoms with Crippen LogP contribution in [0.3, 0.4) is 0 Å². The van der Waals surface area contributed by atoms with Gasteiger partial charge in [-0.3, -0.25) is 4.79 Å². The summed E-state index contributed by atoms with van der Waals surface area (Å²) in [7, 11) is 0. The number of carbonyl (C=O) groups excluding carboxylic acids is 1. The van der Waals surface area contributed by atoms with E-state index in [1.54, 1.807) is 0 Å². The molecule has 1 fully saturated rings. The lowest BCUT2D eigenvalue weighted by molar-refractivity contribution is -0.148. The van der Waals surface area contributed by atoms with Crippen LogP contribution in [0.2, 0.25) is 0 Å². The van der Waals surface area contributed by atoms with Crippen LogP contribution in [0, 0.1) is 11.8 Å². The van der Waals surface area contributed by atoms with Crippen LogP contribution >= 0.6 is 0 Å². The Morgan fingerprint density at radius 2 is 1.88 bits per heavy atom. The van der Waals surface area contributed by atoms with E-state index in [4.69, 9.17) is 10.5 Å². The molecule has 2 N–H and O–H groups in total. The monoisotopic (exact) mass is 228 g/mol. The van der Waals surface area contributed by atoms with Crippen molar-refractivity contribution in [3.05, 3.63) is 0 Å². The third-order valence-corrected chi connectivity index (χ3v) is 3.11. The molecule has 0 radical (unpaired) electrons. The van der Waals surface area contributed by atoms with Crippen molar-refractivity contribution in [2.75, 3.05) is 19.6 Å². The van der Waals surface area contributed by atoms with Gasteiger partial charge < -0.3 is 15.4 Å². The highest BCUT2D eigenvalue weighted by molar-refractivity contribution is 5.79. The molecule has 0 aromatic heterocycles. The molecule has 4 heteroatoms. The van der Waals surface area contributed by atoms with Gasteiger partial charge in [0.2, 0.25) is 5.91 Å². The number of nitrogens with two attached hydrogens (primary N) is 1. The molecule has 0 aromatic carbocycles. The Morgan fingerprint density at radius 1 is 1.38 bits per heavy atom. The van der Waals surface area contributed by atoms with Gasteiger partial charge in [0.25, 0.3) is 0 Å². The molecule has 1 saturated heterocycles. The smallest absolute Gasteiger partial charge is 0.227 e. The maximum atomic E-state index is 12.3. The Labute approximate surface area is 98.1 Å². The van der Waals surface area contributed by atoms with Gasteiger partial charge in [0.15, 0.2) is 0 Å². The number of morpholine rings is 1. The molecule has 0 saturated carbocycles. The van der Waals surface area contributed by atoms with Crippen molar-refractivity contribution in [3.8, 4) is 0 Å². The summed E-state index contributed by atoms with van der Waals surface area (Å²) in [6, 6.07) is 0. The van der Waals surface area contributed by atoms with Crippen molar-refractivity contribution in [2.24, 2.45) is 17.6 Å². The standard InChI is InChI=1S/C12H24N2O2/c1-8(2)11(5-13)12(15)14-6-9(3)16-10(4)7-14/h8-11H,5-7,13H2,1-4H3/t9-,10+,11?. The summed E-state index contributed by atoms with van der Waals surface area (Å²) < 4.78 is 5.62. The third kappa shape index (κ3) is 3.19. The molecule has 0 bridgehead atoms. The summed E-state index contributed by atoms with van der Waals surface area (Å²) in [4.78, 5) is 14.2. The first-order chi connectivity index (χ1) is 7.45. The van der Waals surface area contributed by atoms with E-state index in [1.165, 1.54) is 0 Å². The van der Waals surface area contributed by atoms with E-state index in [2.05, 4.69) is 0 Å². The van der Waals surface area contributed by atoms with Crippen molar-refractivity contribution in [1.82, 2.24) is 4.90 Å². The molecule has 0 spiro atoms. The van der Waals surface area contributed by atoms with E-state index in [0.717, 1.165) is 0 Å². The van der Waals surface area contributed by atoms with Crippen molar-refractivity contribution in [3.63, 3.8) is 0 Å². The second-order valence-electron chi connectivity index (χ2n) is 5.09. The van der Waals surface area contributed by atoms with Crippen LogP contribution in [0.5, 0.6) is 0 Å². The number of carbonyl (C=O) groups is 1. The molecule has 1 aliphatic heterocycles. The van der Waals surface area contributed by atoms with E-state index in [1.807, 2.05) is 32.6 Å². The van der Waals surface area contributed by atoms with Gasteiger partial charge in [-0.1, -0.05) is 13.8 Å². The Kier molecular flexibility index (Phi) is 4.74. The first-order valence-electron chi connectivity index (χ1n) is 6.10. The van der Waals surface area contributed by atoms with Crippen LogP contribution in [0.25, 0.3) is 0 Å². The quantitative estimate of drug-likeness (QED) is 0.779. The Hall–Kier alpha value is -0.610. The van der Waals surface area contributed by atoms with E-state index >= 15 is 0 Å². The van der Waals surface area contributed by atoms with Gasteiger partial charge in [-0.25, -0.2) is 0 Å². The van der Waals surface area contributed by atoms with Crippen LogP contribution < -0.4 is 5.73 Å². The summed E-state index contributed by atoms with van der Waals surface area (Å²) in [5.41, 5.74) is 5.67. The maximum Gasteiger partial charge on any atom is 0.227 e. The second-order valence-corrected chi connectivity index (χ2v) is 5.09. The van der Waals surface area contributed by atoms with E-state index < -0.39 is 0 Å². The molecule has 1 unspecified atom stereocenters. The molecule has 4 nitrogen and oxygen atoms in total. The van der Waals surface area contributed by atoms with E-state index in [9.17, 15) is 4.79 Å². The van der Waals surface area contributed by atoms with Gasteiger partial charge in [0, 0.05) is 19.6 Å². The number of amides is 1. The van der Waals surface area contributed by atoms with Crippen LogP contribution in [0.4, 0.5) is 0 Å². The van der Waals surface area contributed by atoms with Crippen LogP contribution in [-0.2, 0) is 9.53 Å². The molecule has 16 heavy (non-hydrogen) atoms. The van der Waals surface area contributed by atoms with Gasteiger partial charge in [-0.05, 0) is 19.8 Å². The highest BCUT2D eigenvalue weighted by atomic mass is 16.5.